The molecule has 0 saturated carbocycles. The van der Waals surface area contributed by atoms with E-state index in [1.807, 2.05) is 6.20 Å². The van der Waals surface area contributed by atoms with Gasteiger partial charge in [0.05, 0.1) is 0 Å². The van der Waals surface area contributed by atoms with Crippen LogP contribution in [-0.4, -0.2) is 55.1 Å². The minimum atomic E-state index is 0.145. The Morgan fingerprint density at radius 3 is 2.85 bits per heavy atom. The van der Waals surface area contributed by atoms with Crippen LogP contribution in [0, 0.1) is 11.2 Å². The fourth-order valence-corrected chi connectivity index (χ4v) is 2.62. The maximum absolute atomic E-state index is 8.97. The number of hydrogen-bond acceptors (Lipinski definition) is 6. The summed E-state index contributed by atoms with van der Waals surface area (Å²) >= 11 is 0. The average Bonchev–Trinajstić information content (AvgIpc) is 2.56. The number of anilines is 1. The maximum Gasteiger partial charge on any atom is 0.272 e. The van der Waals surface area contributed by atoms with Crippen LogP contribution in [0.4, 0.5) is 5.95 Å². The summed E-state index contributed by atoms with van der Waals surface area (Å²) in [4.78, 5) is 11.4. The molecule has 20 heavy (non-hydrogen) atoms. The summed E-state index contributed by atoms with van der Waals surface area (Å²) in [6.45, 7) is 4.08. The van der Waals surface area contributed by atoms with Crippen molar-refractivity contribution in [2.24, 2.45) is 0 Å². The summed E-state index contributed by atoms with van der Waals surface area (Å²) in [6.07, 6.45) is 4.58. The van der Waals surface area contributed by atoms with E-state index in [2.05, 4.69) is 26.2 Å². The number of nitrogens with one attached hydrogen (secondary N) is 1. The Morgan fingerprint density at radius 1 is 1.40 bits per heavy atom. The van der Waals surface area contributed by atoms with Crippen molar-refractivity contribution in [3.63, 3.8) is 0 Å². The molecule has 7 heteroatoms. The van der Waals surface area contributed by atoms with Gasteiger partial charge in [-0.15, -0.1) is 0 Å². The lowest BCUT2D eigenvalue weighted by Crippen LogP contribution is -2.44. The normalized spacial score (nSPS) is 17.6. The van der Waals surface area contributed by atoms with E-state index >= 15 is 0 Å². The van der Waals surface area contributed by atoms with Gasteiger partial charge in [-0.05, 0) is 18.3 Å². The summed E-state index contributed by atoms with van der Waals surface area (Å²) in [5, 5.41) is 19.3. The summed E-state index contributed by atoms with van der Waals surface area (Å²) in [5.41, 5.74) is 2.30. The number of aryl methyl sites for hydroxylation is 1. The molecule has 0 aliphatic carbocycles. The number of nitrogens with zero attached hydrogens (tertiary/aromatic N) is 4. The number of aliphatic hydroxyl groups is 1. The number of aliphatic hydroxyl groups excluding tert-OH is 1. The van der Waals surface area contributed by atoms with Gasteiger partial charge in [-0.3, -0.25) is 0 Å². The van der Waals surface area contributed by atoms with Gasteiger partial charge in [-0.2, -0.15) is 0 Å². The molecular weight excluding hydrogens is 253 g/mol. The largest absolute Gasteiger partial charge is 0.400 e. The van der Waals surface area contributed by atoms with E-state index in [0.29, 0.717) is 0 Å². The third-order valence-electron chi connectivity index (χ3n) is 3.72. The molecule has 0 spiro atoms. The molecule has 0 radical (unpaired) electrons. The molecule has 1 saturated heterocycles. The zero-order chi connectivity index (χ0) is 14.4. The second kappa shape index (κ2) is 7.22. The molecule has 106 valence electrons. The third kappa shape index (κ3) is 3.27. The maximum atomic E-state index is 8.97. The summed E-state index contributed by atoms with van der Waals surface area (Å²) in [7, 11) is 1.00. The number of piperazine rings is 1. The van der Waals surface area contributed by atoms with Gasteiger partial charge in [0.15, 0.2) is 0 Å². The molecule has 2 N–H and O–H groups in total. The van der Waals surface area contributed by atoms with Crippen LogP contribution in [-0.2, 0) is 12.7 Å². The summed E-state index contributed by atoms with van der Waals surface area (Å²) in [5.74, 6) is 3.20. The van der Waals surface area contributed by atoms with E-state index in [1.165, 1.54) is 0 Å². The van der Waals surface area contributed by atoms with Gasteiger partial charge in [0, 0.05) is 51.1 Å². The highest BCUT2D eigenvalue weighted by atomic mass is 16.2. The highest BCUT2D eigenvalue weighted by molar-refractivity contribution is 6.66. The molecule has 1 aromatic rings. The molecule has 0 unspecified atom stereocenters. The van der Waals surface area contributed by atoms with E-state index in [4.69, 9.17) is 10.4 Å². The van der Waals surface area contributed by atoms with Crippen LogP contribution in [0.2, 0.25) is 6.32 Å². The number of nitriles is 1. The van der Waals surface area contributed by atoms with E-state index in [0.717, 1.165) is 69.6 Å². The Labute approximate surface area is 119 Å². The van der Waals surface area contributed by atoms with Crippen LogP contribution in [0.15, 0.2) is 6.20 Å². The zero-order valence-corrected chi connectivity index (χ0v) is 11.8. The molecular formula is C13H20BN5O. The summed E-state index contributed by atoms with van der Waals surface area (Å²) in [6, 6.07) is 0. The van der Waals surface area contributed by atoms with Crippen LogP contribution >= 0.6 is 0 Å². The van der Waals surface area contributed by atoms with Gasteiger partial charge in [-0.25, -0.2) is 15.2 Å². The van der Waals surface area contributed by atoms with Crippen molar-refractivity contribution in [1.29, 1.82) is 5.26 Å². The highest BCUT2D eigenvalue weighted by Crippen LogP contribution is 2.21. The average molecular weight is 273 g/mol. The highest BCUT2D eigenvalue weighted by Gasteiger charge is 2.24. The number of hydrogen-bond donors (Lipinski definition) is 2. The summed E-state index contributed by atoms with van der Waals surface area (Å²) < 4.78 is 0. The first-order valence-corrected chi connectivity index (χ1v) is 7.01. The Kier molecular flexibility index (Phi) is 5.33. The van der Waals surface area contributed by atoms with Crippen molar-refractivity contribution >= 4 is 12.7 Å². The number of fused-ring (bicyclic) bond motifs is 1. The predicted octanol–water partition coefficient (Wildman–Crippen LogP) is -0.310. The fourth-order valence-electron chi connectivity index (χ4n) is 2.62. The molecule has 2 aliphatic rings. The first-order chi connectivity index (χ1) is 9.86. The number of rotatable bonds is 1. The van der Waals surface area contributed by atoms with E-state index in [-0.39, 0.29) is 6.71 Å². The van der Waals surface area contributed by atoms with Gasteiger partial charge in [0.25, 0.3) is 6.71 Å². The van der Waals surface area contributed by atoms with Crippen molar-refractivity contribution in [2.45, 2.75) is 19.1 Å². The van der Waals surface area contributed by atoms with E-state index < -0.39 is 0 Å². The first kappa shape index (κ1) is 14.8. The van der Waals surface area contributed by atoms with Gasteiger partial charge in [-0.1, -0.05) is 6.32 Å². The number of aromatic nitrogens is 2. The Morgan fingerprint density at radius 2 is 2.15 bits per heavy atom. The van der Waals surface area contributed by atoms with Crippen LogP contribution in [0.5, 0.6) is 0 Å². The zero-order valence-electron chi connectivity index (χ0n) is 11.8. The molecule has 0 aromatic carbocycles. The lowest BCUT2D eigenvalue weighted by molar-refractivity contribution is 0.399. The minimum absolute atomic E-state index is 0.145. The monoisotopic (exact) mass is 273 g/mol. The molecule has 6 nitrogen and oxygen atoms in total. The van der Waals surface area contributed by atoms with Crippen LogP contribution in [0.25, 0.3) is 0 Å². The van der Waals surface area contributed by atoms with Crippen molar-refractivity contribution < 1.29 is 5.11 Å². The molecule has 2 aliphatic heterocycles. The predicted molar refractivity (Wildman–Crippen MR) is 78.8 cm³/mol. The molecule has 3 heterocycles. The SMILES string of the molecule is CO.N#CB1CCc2nc(N3CCNCC3)ncc2C1. The van der Waals surface area contributed by atoms with Crippen molar-refractivity contribution in [2.75, 3.05) is 38.2 Å². The molecule has 1 fully saturated rings. The van der Waals surface area contributed by atoms with Gasteiger partial charge >= 0.3 is 0 Å². The van der Waals surface area contributed by atoms with E-state index in [1.54, 1.807) is 0 Å². The van der Waals surface area contributed by atoms with Crippen LogP contribution in [0.1, 0.15) is 11.3 Å². The van der Waals surface area contributed by atoms with Gasteiger partial charge < -0.3 is 15.3 Å². The van der Waals surface area contributed by atoms with Crippen LogP contribution < -0.4 is 10.2 Å². The quantitative estimate of drug-likeness (QED) is 0.683. The van der Waals surface area contributed by atoms with E-state index in [9.17, 15) is 0 Å². The lowest BCUT2D eigenvalue weighted by atomic mass is 9.43. The molecule has 1 aromatic heterocycles. The smallest absolute Gasteiger partial charge is 0.272 e. The van der Waals surface area contributed by atoms with Gasteiger partial charge in [0.2, 0.25) is 5.95 Å². The first-order valence-electron chi connectivity index (χ1n) is 7.01. The second-order valence-electron chi connectivity index (χ2n) is 4.95. The standard InChI is InChI=1S/C12H16BN5.CH4O/c14-9-13-2-1-11-10(7-13)8-16-12(17-11)18-5-3-15-4-6-18;1-2/h8,15H,1-7H2;2H,1H3. The molecule has 0 bridgehead atoms. The minimum Gasteiger partial charge on any atom is -0.400 e. The van der Waals surface area contributed by atoms with Crippen LogP contribution in [0.3, 0.4) is 0 Å². The van der Waals surface area contributed by atoms with Crippen molar-refractivity contribution in [3.8, 4) is 5.97 Å². The van der Waals surface area contributed by atoms with Crippen molar-refractivity contribution in [1.82, 2.24) is 15.3 Å². The Bertz CT molecular complexity index is 484. The molecule has 0 amide bonds. The molecule has 0 atom stereocenters. The molecule has 3 rings (SSSR count). The second-order valence-corrected chi connectivity index (χ2v) is 4.95. The topological polar surface area (TPSA) is 85.1 Å². The lowest BCUT2D eigenvalue weighted by Gasteiger charge is -2.28. The fraction of sp³-hybridized carbons (Fsp3) is 0.615. The van der Waals surface area contributed by atoms with Gasteiger partial charge in [0.1, 0.15) is 0 Å². The Balaban J connectivity index is 0.000000704. The third-order valence-corrected chi connectivity index (χ3v) is 3.72. The van der Waals surface area contributed by atoms with Crippen molar-refractivity contribution in [3.05, 3.63) is 17.5 Å². The Hall–Kier alpha value is -1.65.